The Hall–Kier alpha value is -4.23. The largest absolute Gasteiger partial charge is 0.387 e. The van der Waals surface area contributed by atoms with Crippen LogP contribution >= 0.6 is 0 Å². The molecule has 0 saturated carbocycles. The maximum absolute atomic E-state index is 11.4. The van der Waals surface area contributed by atoms with Crippen LogP contribution in [0.3, 0.4) is 0 Å². The average molecular weight is 438 g/mol. The first-order valence-electron chi connectivity index (χ1n) is 10.7. The van der Waals surface area contributed by atoms with Crippen molar-refractivity contribution in [3.8, 4) is 22.3 Å². The van der Waals surface area contributed by atoms with E-state index in [0.717, 1.165) is 38.9 Å². The van der Waals surface area contributed by atoms with Crippen molar-refractivity contribution in [1.82, 2.24) is 25.1 Å². The number of benzene rings is 2. The topological polar surface area (TPSA) is 95.8 Å². The Labute approximate surface area is 190 Å². The minimum Gasteiger partial charge on any atom is -0.387 e. The van der Waals surface area contributed by atoms with Crippen LogP contribution in [0.5, 0.6) is 0 Å². The Morgan fingerprint density at radius 2 is 1.82 bits per heavy atom. The second-order valence-electron chi connectivity index (χ2n) is 7.87. The van der Waals surface area contributed by atoms with E-state index in [4.69, 9.17) is 5.11 Å². The second kappa shape index (κ2) is 9.10. The number of amides is 1. The summed E-state index contributed by atoms with van der Waals surface area (Å²) in [5.74, 6) is -0.395. The van der Waals surface area contributed by atoms with Crippen molar-refractivity contribution in [2.75, 3.05) is 6.61 Å². The van der Waals surface area contributed by atoms with E-state index >= 15 is 0 Å². The van der Waals surface area contributed by atoms with Gasteiger partial charge in [-0.15, -0.1) is 0 Å². The van der Waals surface area contributed by atoms with Crippen molar-refractivity contribution in [1.29, 1.82) is 0 Å². The number of H-pyrrole nitrogens is 1. The van der Waals surface area contributed by atoms with Crippen LogP contribution in [0.1, 0.15) is 11.1 Å². The number of hydrogen-bond donors (Lipinski definition) is 3. The fourth-order valence-electron chi connectivity index (χ4n) is 3.88. The fourth-order valence-corrected chi connectivity index (χ4v) is 3.88. The van der Waals surface area contributed by atoms with Crippen molar-refractivity contribution in [2.45, 2.75) is 13.1 Å². The summed E-state index contributed by atoms with van der Waals surface area (Å²) in [5, 5.41) is 17.1. The molecule has 5 aromatic rings. The highest BCUT2D eigenvalue weighted by Gasteiger charge is 2.11. The number of rotatable bonds is 7. The molecule has 0 unspecified atom stereocenters. The number of aliphatic hydroxyl groups is 1. The molecule has 0 atom stereocenters. The lowest BCUT2D eigenvalue weighted by Gasteiger charge is -2.07. The number of hydrogen-bond acceptors (Lipinski definition) is 4. The van der Waals surface area contributed by atoms with Crippen molar-refractivity contribution in [2.24, 2.45) is 0 Å². The van der Waals surface area contributed by atoms with Crippen LogP contribution in [0.15, 0.2) is 85.5 Å². The zero-order chi connectivity index (χ0) is 22.6. The van der Waals surface area contributed by atoms with E-state index < -0.39 is 12.5 Å². The first-order chi connectivity index (χ1) is 16.2. The van der Waals surface area contributed by atoms with Crippen molar-refractivity contribution < 1.29 is 9.90 Å². The van der Waals surface area contributed by atoms with Gasteiger partial charge in [-0.1, -0.05) is 48.5 Å². The van der Waals surface area contributed by atoms with E-state index in [1.807, 2.05) is 71.9 Å². The van der Waals surface area contributed by atoms with Crippen molar-refractivity contribution >= 4 is 16.9 Å². The van der Waals surface area contributed by atoms with Gasteiger partial charge in [0, 0.05) is 47.2 Å². The van der Waals surface area contributed by atoms with E-state index in [1.54, 1.807) is 0 Å². The maximum Gasteiger partial charge on any atom is 0.245 e. The van der Waals surface area contributed by atoms with Crippen LogP contribution < -0.4 is 5.32 Å². The first kappa shape index (κ1) is 20.7. The molecule has 0 bridgehead atoms. The molecule has 7 heteroatoms. The summed E-state index contributed by atoms with van der Waals surface area (Å²) in [6, 6.07) is 20.3. The number of nitrogens with one attached hydrogen (secondary N) is 2. The molecule has 0 aliphatic carbocycles. The predicted octanol–water partition coefficient (Wildman–Crippen LogP) is 3.75. The van der Waals surface area contributed by atoms with Crippen molar-refractivity contribution in [3.63, 3.8) is 0 Å². The smallest absolute Gasteiger partial charge is 0.245 e. The molecule has 0 saturated heterocycles. The van der Waals surface area contributed by atoms with Crippen LogP contribution in [0, 0.1) is 0 Å². The van der Waals surface area contributed by atoms with Crippen LogP contribution in [-0.2, 0) is 17.9 Å². The summed E-state index contributed by atoms with van der Waals surface area (Å²) in [5.41, 5.74) is 7.02. The monoisotopic (exact) mass is 437 g/mol. The van der Waals surface area contributed by atoms with E-state index in [-0.39, 0.29) is 0 Å². The zero-order valence-electron chi connectivity index (χ0n) is 17.9. The Kier molecular flexibility index (Phi) is 5.70. The zero-order valence-corrected chi connectivity index (χ0v) is 17.9. The highest BCUT2D eigenvalue weighted by molar-refractivity contribution is 5.95. The number of aliphatic hydroxyl groups excluding tert-OH is 1. The fraction of sp³-hybridized carbons (Fsp3) is 0.115. The lowest BCUT2D eigenvalue weighted by atomic mass is 10.0. The lowest BCUT2D eigenvalue weighted by Crippen LogP contribution is -2.25. The Balaban J connectivity index is 1.43. The molecule has 1 amide bonds. The molecule has 0 fully saturated rings. The van der Waals surface area contributed by atoms with Gasteiger partial charge >= 0.3 is 0 Å². The second-order valence-corrected chi connectivity index (χ2v) is 7.87. The highest BCUT2D eigenvalue weighted by atomic mass is 16.3. The van der Waals surface area contributed by atoms with Gasteiger partial charge in [-0.2, -0.15) is 5.10 Å². The molecular formula is C26H23N5O2. The summed E-state index contributed by atoms with van der Waals surface area (Å²) in [7, 11) is 0. The Bertz CT molecular complexity index is 1400. The molecule has 0 spiro atoms. The SMILES string of the molecule is O=C(CO)NCc1cccc(-c2cnc3[nH]cc(-c4cnn(Cc5ccccc5)c4)c3c2)c1. The lowest BCUT2D eigenvalue weighted by molar-refractivity contribution is -0.123. The third-order valence-electron chi connectivity index (χ3n) is 5.56. The summed E-state index contributed by atoms with van der Waals surface area (Å²) in [6.45, 7) is 0.559. The standard InChI is InChI=1S/C26H23N5O2/c32-17-25(33)27-11-19-7-4-8-20(9-19)21-10-23-24(14-29-26(23)28-12-21)22-13-30-31(16-22)15-18-5-2-1-3-6-18/h1-10,12-14,16,32H,11,15,17H2,(H,27,33)(H,28,29). The van der Waals surface area contributed by atoms with Crippen molar-refractivity contribution in [3.05, 3.63) is 96.6 Å². The van der Waals surface area contributed by atoms with Gasteiger partial charge < -0.3 is 15.4 Å². The van der Waals surface area contributed by atoms with E-state index in [2.05, 4.69) is 38.6 Å². The van der Waals surface area contributed by atoms with Crippen LogP contribution in [0.4, 0.5) is 0 Å². The summed E-state index contributed by atoms with van der Waals surface area (Å²) in [6.07, 6.45) is 7.73. The molecule has 7 nitrogen and oxygen atoms in total. The van der Waals surface area contributed by atoms with Gasteiger partial charge in [0.15, 0.2) is 0 Å². The van der Waals surface area contributed by atoms with Crippen LogP contribution in [0.25, 0.3) is 33.3 Å². The number of nitrogens with zero attached hydrogens (tertiary/aromatic N) is 3. The minimum atomic E-state index is -0.515. The van der Waals surface area contributed by atoms with Gasteiger partial charge in [0.2, 0.25) is 5.91 Å². The molecule has 0 aliphatic rings. The van der Waals surface area contributed by atoms with E-state index in [0.29, 0.717) is 13.1 Å². The van der Waals surface area contributed by atoms with Gasteiger partial charge in [-0.3, -0.25) is 9.48 Å². The number of fused-ring (bicyclic) bond motifs is 1. The Morgan fingerprint density at radius 3 is 2.67 bits per heavy atom. The molecule has 0 radical (unpaired) electrons. The molecule has 0 aliphatic heterocycles. The molecule has 3 aromatic heterocycles. The number of pyridine rings is 1. The summed E-state index contributed by atoms with van der Waals surface area (Å²) in [4.78, 5) is 19.2. The average Bonchev–Trinajstić information content (AvgIpc) is 3.49. The Morgan fingerprint density at radius 1 is 0.970 bits per heavy atom. The molecule has 2 aromatic carbocycles. The quantitative estimate of drug-likeness (QED) is 0.361. The number of carbonyl (C=O) groups is 1. The third-order valence-corrected chi connectivity index (χ3v) is 5.56. The molecule has 3 N–H and O–H groups in total. The number of carbonyl (C=O) groups excluding carboxylic acids is 1. The predicted molar refractivity (Wildman–Crippen MR) is 127 cm³/mol. The summed E-state index contributed by atoms with van der Waals surface area (Å²) < 4.78 is 1.94. The maximum atomic E-state index is 11.4. The molecule has 3 heterocycles. The van der Waals surface area contributed by atoms with Gasteiger partial charge in [0.25, 0.3) is 0 Å². The number of aromatic amines is 1. The minimum absolute atomic E-state index is 0.360. The van der Waals surface area contributed by atoms with Crippen LogP contribution in [0.2, 0.25) is 0 Å². The van der Waals surface area contributed by atoms with Gasteiger partial charge in [0.1, 0.15) is 12.3 Å². The van der Waals surface area contributed by atoms with Gasteiger partial charge in [-0.05, 0) is 28.8 Å². The van der Waals surface area contributed by atoms with Crippen LogP contribution in [-0.4, -0.2) is 37.4 Å². The van der Waals surface area contributed by atoms with E-state index in [1.165, 1.54) is 5.56 Å². The molecule has 5 rings (SSSR count). The summed E-state index contributed by atoms with van der Waals surface area (Å²) >= 11 is 0. The molecular weight excluding hydrogens is 414 g/mol. The van der Waals surface area contributed by atoms with Gasteiger partial charge in [-0.25, -0.2) is 4.98 Å². The first-order valence-corrected chi connectivity index (χ1v) is 10.7. The van der Waals surface area contributed by atoms with E-state index in [9.17, 15) is 4.79 Å². The third kappa shape index (κ3) is 4.53. The normalized spacial score (nSPS) is 11.1. The number of aromatic nitrogens is 4. The van der Waals surface area contributed by atoms with Gasteiger partial charge in [0.05, 0.1) is 12.7 Å². The highest BCUT2D eigenvalue weighted by Crippen LogP contribution is 2.31. The molecule has 33 heavy (non-hydrogen) atoms. The molecule has 164 valence electrons.